The third kappa shape index (κ3) is 3.02. The van der Waals surface area contributed by atoms with Gasteiger partial charge in [-0.15, -0.1) is 0 Å². The Bertz CT molecular complexity index is 560. The van der Waals surface area contributed by atoms with Crippen LogP contribution in [0.5, 0.6) is 5.75 Å². The molecule has 0 amide bonds. The standard InChI is InChI=1S/C18H23NO/c1-4-13-6-7-14(5-2)17(12-13)18(19)15-8-10-16(20-3)11-9-15/h6-12,18H,4-5,19H2,1-3H3. The molecule has 2 nitrogen and oxygen atoms in total. The van der Waals surface area contributed by atoms with Gasteiger partial charge in [0.15, 0.2) is 0 Å². The lowest BCUT2D eigenvalue weighted by atomic mass is 9.92. The minimum absolute atomic E-state index is 0.0812. The van der Waals surface area contributed by atoms with Crippen LogP contribution < -0.4 is 10.5 Å². The van der Waals surface area contributed by atoms with Crippen molar-refractivity contribution in [3.05, 3.63) is 64.7 Å². The molecular weight excluding hydrogens is 246 g/mol. The molecule has 0 aromatic heterocycles. The predicted molar refractivity (Wildman–Crippen MR) is 84.2 cm³/mol. The van der Waals surface area contributed by atoms with Gasteiger partial charge in [0.25, 0.3) is 0 Å². The molecule has 0 fully saturated rings. The molecule has 0 aliphatic rings. The molecule has 2 aromatic rings. The van der Waals surface area contributed by atoms with E-state index in [1.165, 1.54) is 16.7 Å². The molecule has 2 aromatic carbocycles. The van der Waals surface area contributed by atoms with E-state index in [4.69, 9.17) is 10.5 Å². The number of rotatable bonds is 5. The third-order valence-electron chi connectivity index (χ3n) is 3.81. The normalized spacial score (nSPS) is 12.2. The molecule has 2 rings (SSSR count). The first-order valence-electron chi connectivity index (χ1n) is 7.20. The lowest BCUT2D eigenvalue weighted by Gasteiger charge is -2.18. The van der Waals surface area contributed by atoms with Crippen molar-refractivity contribution >= 4 is 0 Å². The van der Waals surface area contributed by atoms with E-state index in [1.54, 1.807) is 7.11 Å². The molecule has 0 saturated carbocycles. The van der Waals surface area contributed by atoms with Crippen LogP contribution in [0.1, 0.15) is 42.1 Å². The van der Waals surface area contributed by atoms with E-state index >= 15 is 0 Å². The Balaban J connectivity index is 2.37. The summed E-state index contributed by atoms with van der Waals surface area (Å²) in [4.78, 5) is 0. The summed E-state index contributed by atoms with van der Waals surface area (Å²) >= 11 is 0. The van der Waals surface area contributed by atoms with Gasteiger partial charge in [-0.05, 0) is 47.2 Å². The van der Waals surface area contributed by atoms with E-state index in [9.17, 15) is 0 Å². The molecule has 2 heteroatoms. The Morgan fingerprint density at radius 2 is 1.70 bits per heavy atom. The fraction of sp³-hybridized carbons (Fsp3) is 0.333. The summed E-state index contributed by atoms with van der Waals surface area (Å²) in [6.07, 6.45) is 2.04. The van der Waals surface area contributed by atoms with Crippen molar-refractivity contribution in [1.82, 2.24) is 0 Å². The number of hydrogen-bond donors (Lipinski definition) is 1. The van der Waals surface area contributed by atoms with Gasteiger partial charge in [-0.2, -0.15) is 0 Å². The molecule has 2 N–H and O–H groups in total. The first-order valence-corrected chi connectivity index (χ1v) is 7.20. The molecule has 0 heterocycles. The molecule has 0 aliphatic heterocycles. The van der Waals surface area contributed by atoms with E-state index in [1.807, 2.05) is 24.3 Å². The van der Waals surface area contributed by atoms with E-state index in [0.29, 0.717) is 0 Å². The average Bonchev–Trinajstić information content (AvgIpc) is 2.53. The van der Waals surface area contributed by atoms with Crippen LogP contribution in [0.4, 0.5) is 0 Å². The van der Waals surface area contributed by atoms with E-state index in [2.05, 4.69) is 32.0 Å². The van der Waals surface area contributed by atoms with Crippen LogP contribution in [0, 0.1) is 0 Å². The van der Waals surface area contributed by atoms with Gasteiger partial charge in [0.05, 0.1) is 13.2 Å². The zero-order valence-corrected chi connectivity index (χ0v) is 12.5. The van der Waals surface area contributed by atoms with Gasteiger partial charge in [0, 0.05) is 0 Å². The van der Waals surface area contributed by atoms with Crippen LogP contribution in [0.15, 0.2) is 42.5 Å². The maximum Gasteiger partial charge on any atom is 0.118 e. The van der Waals surface area contributed by atoms with Crippen LogP contribution in [-0.2, 0) is 12.8 Å². The molecule has 0 bridgehead atoms. The topological polar surface area (TPSA) is 35.2 Å². The number of methoxy groups -OCH3 is 1. The molecule has 0 radical (unpaired) electrons. The lowest BCUT2D eigenvalue weighted by Crippen LogP contribution is -2.14. The van der Waals surface area contributed by atoms with Crippen LogP contribution >= 0.6 is 0 Å². The second-order valence-electron chi connectivity index (χ2n) is 4.99. The SMILES string of the molecule is CCc1ccc(CC)c(C(N)c2ccc(OC)cc2)c1. The minimum atomic E-state index is -0.0812. The van der Waals surface area contributed by atoms with E-state index in [-0.39, 0.29) is 6.04 Å². The van der Waals surface area contributed by atoms with Crippen molar-refractivity contribution in [2.24, 2.45) is 5.73 Å². The maximum absolute atomic E-state index is 6.47. The van der Waals surface area contributed by atoms with Gasteiger partial charge in [-0.1, -0.05) is 44.2 Å². The highest BCUT2D eigenvalue weighted by molar-refractivity contribution is 5.41. The highest BCUT2D eigenvalue weighted by Crippen LogP contribution is 2.26. The molecule has 1 unspecified atom stereocenters. The maximum atomic E-state index is 6.47. The summed E-state index contributed by atoms with van der Waals surface area (Å²) in [5.41, 5.74) is 11.5. The smallest absolute Gasteiger partial charge is 0.118 e. The largest absolute Gasteiger partial charge is 0.497 e. The summed E-state index contributed by atoms with van der Waals surface area (Å²) < 4.78 is 5.20. The van der Waals surface area contributed by atoms with Crippen LogP contribution in [0.25, 0.3) is 0 Å². The zero-order valence-electron chi connectivity index (χ0n) is 12.5. The van der Waals surface area contributed by atoms with Crippen LogP contribution in [0.3, 0.4) is 0 Å². The molecule has 1 atom stereocenters. The molecule has 106 valence electrons. The fourth-order valence-electron chi connectivity index (χ4n) is 2.47. The van der Waals surface area contributed by atoms with Gasteiger partial charge < -0.3 is 10.5 Å². The summed E-state index contributed by atoms with van der Waals surface area (Å²) in [6.45, 7) is 4.34. The van der Waals surface area contributed by atoms with Crippen LogP contribution in [-0.4, -0.2) is 7.11 Å². The number of aryl methyl sites for hydroxylation is 2. The Morgan fingerprint density at radius 1 is 1.00 bits per heavy atom. The molecule has 0 aliphatic carbocycles. The Morgan fingerprint density at radius 3 is 2.25 bits per heavy atom. The molecule has 20 heavy (non-hydrogen) atoms. The second-order valence-corrected chi connectivity index (χ2v) is 4.99. The first-order chi connectivity index (χ1) is 9.69. The van der Waals surface area contributed by atoms with Crippen LogP contribution in [0.2, 0.25) is 0 Å². The van der Waals surface area contributed by atoms with Crippen molar-refractivity contribution in [2.45, 2.75) is 32.7 Å². The molecule has 0 spiro atoms. The van der Waals surface area contributed by atoms with Crippen molar-refractivity contribution in [1.29, 1.82) is 0 Å². The van der Waals surface area contributed by atoms with Crippen molar-refractivity contribution in [2.75, 3.05) is 7.11 Å². The monoisotopic (exact) mass is 269 g/mol. The highest BCUT2D eigenvalue weighted by Gasteiger charge is 2.13. The number of hydrogen-bond acceptors (Lipinski definition) is 2. The minimum Gasteiger partial charge on any atom is -0.497 e. The fourth-order valence-corrected chi connectivity index (χ4v) is 2.47. The second kappa shape index (κ2) is 6.58. The van der Waals surface area contributed by atoms with Gasteiger partial charge in [-0.3, -0.25) is 0 Å². The summed E-state index contributed by atoms with van der Waals surface area (Å²) in [5, 5.41) is 0. The van der Waals surface area contributed by atoms with Gasteiger partial charge in [-0.25, -0.2) is 0 Å². The molecular formula is C18H23NO. The zero-order chi connectivity index (χ0) is 14.5. The van der Waals surface area contributed by atoms with E-state index in [0.717, 1.165) is 24.2 Å². The summed E-state index contributed by atoms with van der Waals surface area (Å²) in [7, 11) is 1.68. The van der Waals surface area contributed by atoms with Crippen molar-refractivity contribution < 1.29 is 4.74 Å². The summed E-state index contributed by atoms with van der Waals surface area (Å²) in [6, 6.07) is 14.6. The quantitative estimate of drug-likeness (QED) is 0.894. The van der Waals surface area contributed by atoms with Crippen molar-refractivity contribution in [3.8, 4) is 5.75 Å². The first kappa shape index (κ1) is 14.6. The lowest BCUT2D eigenvalue weighted by molar-refractivity contribution is 0.414. The molecule has 0 saturated heterocycles. The average molecular weight is 269 g/mol. The van der Waals surface area contributed by atoms with Gasteiger partial charge in [0.1, 0.15) is 5.75 Å². The number of benzene rings is 2. The third-order valence-corrected chi connectivity index (χ3v) is 3.81. The van der Waals surface area contributed by atoms with Gasteiger partial charge >= 0.3 is 0 Å². The number of nitrogens with two attached hydrogens (primary N) is 1. The number of ether oxygens (including phenoxy) is 1. The Labute approximate surface area is 121 Å². The van der Waals surface area contributed by atoms with Crippen molar-refractivity contribution in [3.63, 3.8) is 0 Å². The highest BCUT2D eigenvalue weighted by atomic mass is 16.5. The Hall–Kier alpha value is -1.80. The predicted octanol–water partition coefficient (Wildman–Crippen LogP) is 3.87. The van der Waals surface area contributed by atoms with Gasteiger partial charge in [0.2, 0.25) is 0 Å². The van der Waals surface area contributed by atoms with E-state index < -0.39 is 0 Å². The Kier molecular flexibility index (Phi) is 4.80. The summed E-state index contributed by atoms with van der Waals surface area (Å²) in [5.74, 6) is 0.860.